The Morgan fingerprint density at radius 2 is 2.00 bits per heavy atom. The summed E-state index contributed by atoms with van der Waals surface area (Å²) in [4.78, 5) is -0.0810. The Kier molecular flexibility index (Phi) is 3.87. The second-order valence-electron chi connectivity index (χ2n) is 4.95. The minimum absolute atomic E-state index is 0.0810. The van der Waals surface area contributed by atoms with Crippen LogP contribution in [-0.4, -0.2) is 6.61 Å². The van der Waals surface area contributed by atoms with Gasteiger partial charge < -0.3 is 4.74 Å². The van der Waals surface area contributed by atoms with Crippen molar-refractivity contribution in [2.75, 3.05) is 6.61 Å². The summed E-state index contributed by atoms with van der Waals surface area (Å²) in [5.74, 6) is 0.710. The van der Waals surface area contributed by atoms with Crippen LogP contribution >= 0.6 is 31.9 Å². The lowest BCUT2D eigenvalue weighted by molar-refractivity contribution is 0.354. The van der Waals surface area contributed by atoms with Gasteiger partial charge in [-0.05, 0) is 47.9 Å². The molecule has 0 spiro atoms. The van der Waals surface area contributed by atoms with Gasteiger partial charge >= 0.3 is 0 Å². The molecule has 0 fully saturated rings. The molecular weight excluding hydrogens is 387 g/mol. The lowest BCUT2D eigenvalue weighted by Gasteiger charge is -2.17. The van der Waals surface area contributed by atoms with E-state index >= 15 is 0 Å². The van der Waals surface area contributed by atoms with Gasteiger partial charge in [0.2, 0.25) is 0 Å². The zero-order valence-corrected chi connectivity index (χ0v) is 14.1. The Bertz CT molecular complexity index is 670. The number of hydrogen-bond donors (Lipinski definition) is 0. The summed E-state index contributed by atoms with van der Waals surface area (Å²) < 4.78 is 20.3. The molecule has 0 amide bonds. The van der Waals surface area contributed by atoms with Crippen LogP contribution in [-0.2, 0) is 6.42 Å². The Morgan fingerprint density at radius 3 is 2.80 bits per heavy atom. The van der Waals surface area contributed by atoms with E-state index in [1.54, 1.807) is 12.1 Å². The van der Waals surface area contributed by atoms with E-state index in [0.717, 1.165) is 33.3 Å². The fraction of sp³-hybridized carbons (Fsp3) is 0.250. The molecule has 4 heteroatoms. The maximum Gasteiger partial charge on any atom is 0.127 e. The van der Waals surface area contributed by atoms with Crippen molar-refractivity contribution < 1.29 is 9.13 Å². The highest BCUT2D eigenvalue weighted by Crippen LogP contribution is 2.43. The largest absolute Gasteiger partial charge is 0.493 e. The van der Waals surface area contributed by atoms with E-state index in [2.05, 4.69) is 37.9 Å². The minimum atomic E-state index is -0.220. The smallest absolute Gasteiger partial charge is 0.127 e. The summed E-state index contributed by atoms with van der Waals surface area (Å²) >= 11 is 7.24. The second kappa shape index (κ2) is 5.49. The molecule has 104 valence electrons. The molecule has 0 bridgehead atoms. The van der Waals surface area contributed by atoms with Gasteiger partial charge in [0.05, 0.1) is 11.4 Å². The van der Waals surface area contributed by atoms with Gasteiger partial charge in [0.1, 0.15) is 11.6 Å². The first kappa shape index (κ1) is 14.1. The highest BCUT2D eigenvalue weighted by Gasteiger charge is 2.24. The minimum Gasteiger partial charge on any atom is -0.493 e. The Labute approximate surface area is 134 Å². The Hall–Kier alpha value is -0.870. The molecule has 0 aromatic heterocycles. The van der Waals surface area contributed by atoms with E-state index in [9.17, 15) is 4.39 Å². The van der Waals surface area contributed by atoms with Crippen LogP contribution in [0.15, 0.2) is 34.8 Å². The number of benzene rings is 2. The molecule has 0 N–H and O–H groups in total. The average Bonchev–Trinajstić information content (AvgIpc) is 2.87. The van der Waals surface area contributed by atoms with Crippen LogP contribution in [0, 0.1) is 12.7 Å². The number of ether oxygens (including phenoxy) is 1. The molecule has 1 nitrogen and oxygen atoms in total. The van der Waals surface area contributed by atoms with Gasteiger partial charge in [-0.3, -0.25) is 0 Å². The van der Waals surface area contributed by atoms with Crippen molar-refractivity contribution in [3.63, 3.8) is 0 Å². The van der Waals surface area contributed by atoms with Crippen molar-refractivity contribution in [2.45, 2.75) is 18.2 Å². The third kappa shape index (κ3) is 2.51. The van der Waals surface area contributed by atoms with Crippen LogP contribution < -0.4 is 4.74 Å². The molecule has 0 aliphatic carbocycles. The van der Waals surface area contributed by atoms with Crippen molar-refractivity contribution in [1.82, 2.24) is 0 Å². The van der Waals surface area contributed by atoms with E-state index in [1.165, 1.54) is 11.6 Å². The van der Waals surface area contributed by atoms with Gasteiger partial charge in [-0.15, -0.1) is 0 Å². The van der Waals surface area contributed by atoms with Gasteiger partial charge in [-0.2, -0.15) is 0 Å². The predicted octanol–water partition coefficient (Wildman–Crippen LogP) is 5.32. The zero-order chi connectivity index (χ0) is 14.3. The van der Waals surface area contributed by atoms with Crippen LogP contribution in [0.5, 0.6) is 5.75 Å². The molecule has 1 aliphatic rings. The van der Waals surface area contributed by atoms with E-state index in [-0.39, 0.29) is 10.6 Å². The van der Waals surface area contributed by atoms with Crippen molar-refractivity contribution in [3.8, 4) is 5.75 Å². The van der Waals surface area contributed by atoms with Crippen LogP contribution in [0.2, 0.25) is 0 Å². The van der Waals surface area contributed by atoms with Gasteiger partial charge in [-0.1, -0.05) is 37.9 Å². The first-order valence-electron chi connectivity index (χ1n) is 6.41. The van der Waals surface area contributed by atoms with Gasteiger partial charge in [0.15, 0.2) is 0 Å². The van der Waals surface area contributed by atoms with Crippen LogP contribution in [0.25, 0.3) is 0 Å². The monoisotopic (exact) mass is 398 g/mol. The van der Waals surface area contributed by atoms with Crippen LogP contribution in [0.3, 0.4) is 0 Å². The topological polar surface area (TPSA) is 9.23 Å². The normalized spacial score (nSPS) is 14.8. The van der Waals surface area contributed by atoms with Crippen LogP contribution in [0.4, 0.5) is 4.39 Å². The number of fused-ring (bicyclic) bond motifs is 1. The van der Waals surface area contributed by atoms with E-state index in [4.69, 9.17) is 4.74 Å². The van der Waals surface area contributed by atoms with Crippen molar-refractivity contribution >= 4 is 31.9 Å². The maximum absolute atomic E-state index is 13.5. The molecule has 0 radical (unpaired) electrons. The molecular formula is C16H13Br2FO. The summed E-state index contributed by atoms with van der Waals surface area (Å²) in [7, 11) is 0. The first-order valence-corrected chi connectivity index (χ1v) is 8.12. The van der Waals surface area contributed by atoms with Crippen LogP contribution in [0.1, 0.15) is 27.1 Å². The van der Waals surface area contributed by atoms with Gasteiger partial charge in [-0.25, -0.2) is 4.39 Å². The van der Waals surface area contributed by atoms with Crippen molar-refractivity contribution in [2.24, 2.45) is 0 Å². The number of rotatable bonds is 2. The van der Waals surface area contributed by atoms with Crippen molar-refractivity contribution in [1.29, 1.82) is 0 Å². The molecule has 1 atom stereocenters. The summed E-state index contributed by atoms with van der Waals surface area (Å²) in [6.07, 6.45) is 0.920. The molecule has 0 saturated heterocycles. The first-order chi connectivity index (χ1) is 9.56. The lowest BCUT2D eigenvalue weighted by Crippen LogP contribution is -2.00. The lowest BCUT2D eigenvalue weighted by atomic mass is 9.98. The van der Waals surface area contributed by atoms with E-state index in [1.807, 2.05) is 13.0 Å². The fourth-order valence-electron chi connectivity index (χ4n) is 2.54. The molecule has 2 aromatic carbocycles. The third-order valence-electron chi connectivity index (χ3n) is 3.56. The second-order valence-corrected chi connectivity index (χ2v) is 6.78. The predicted molar refractivity (Wildman–Crippen MR) is 85.2 cm³/mol. The average molecular weight is 400 g/mol. The summed E-state index contributed by atoms with van der Waals surface area (Å²) in [6, 6.07) is 8.99. The van der Waals surface area contributed by atoms with Gasteiger partial charge in [0.25, 0.3) is 0 Å². The Morgan fingerprint density at radius 1 is 1.20 bits per heavy atom. The molecule has 1 unspecified atom stereocenters. The number of aryl methyl sites for hydroxylation is 1. The van der Waals surface area contributed by atoms with Crippen molar-refractivity contribution in [3.05, 3.63) is 62.9 Å². The SMILES string of the molecule is Cc1ccc(F)cc1C(Br)c1cc(Br)cc2c1OCC2. The molecule has 3 rings (SSSR count). The quantitative estimate of drug-likeness (QED) is 0.621. The highest BCUT2D eigenvalue weighted by molar-refractivity contribution is 9.10. The number of halogens is 3. The third-order valence-corrected chi connectivity index (χ3v) is 5.01. The molecule has 20 heavy (non-hydrogen) atoms. The fourth-order valence-corrected chi connectivity index (χ4v) is 3.89. The summed E-state index contributed by atoms with van der Waals surface area (Å²) in [6.45, 7) is 2.70. The number of alkyl halides is 1. The highest BCUT2D eigenvalue weighted by atomic mass is 79.9. The zero-order valence-electron chi connectivity index (χ0n) is 10.9. The molecule has 2 aromatic rings. The van der Waals surface area contributed by atoms with E-state index in [0.29, 0.717) is 6.61 Å². The molecule has 1 heterocycles. The molecule has 1 aliphatic heterocycles. The maximum atomic E-state index is 13.5. The Balaban J connectivity index is 2.11. The van der Waals surface area contributed by atoms with E-state index < -0.39 is 0 Å². The number of hydrogen-bond acceptors (Lipinski definition) is 1. The summed E-state index contributed by atoms with van der Waals surface area (Å²) in [5.41, 5.74) is 4.23. The summed E-state index contributed by atoms with van der Waals surface area (Å²) in [5, 5.41) is 0. The van der Waals surface area contributed by atoms with Gasteiger partial charge in [0, 0.05) is 16.5 Å². The standard InChI is InChI=1S/C16H13Br2FO/c1-9-2-3-12(19)8-13(9)15(18)14-7-11(17)6-10-4-5-20-16(10)14/h2-3,6-8,15H,4-5H2,1H3. The molecule has 0 saturated carbocycles.